The number of aromatic amines is 1. The maximum atomic E-state index is 12.9. The molecular formula is C19H19N3O5. The minimum Gasteiger partial charge on any atom is -0.493 e. The Morgan fingerprint density at radius 1 is 1.37 bits per heavy atom. The van der Waals surface area contributed by atoms with Crippen LogP contribution in [0.15, 0.2) is 35.3 Å². The van der Waals surface area contributed by atoms with E-state index in [2.05, 4.69) is 9.97 Å². The van der Waals surface area contributed by atoms with Gasteiger partial charge >= 0.3 is 5.97 Å². The van der Waals surface area contributed by atoms with Crippen LogP contribution in [0.5, 0.6) is 5.75 Å². The second kappa shape index (κ2) is 6.22. The van der Waals surface area contributed by atoms with E-state index in [1.165, 1.54) is 11.1 Å². The second-order valence-corrected chi connectivity index (χ2v) is 7.15. The number of nitrogens with one attached hydrogen (secondary N) is 1. The van der Waals surface area contributed by atoms with E-state index in [1.54, 1.807) is 6.92 Å². The lowest BCUT2D eigenvalue weighted by Crippen LogP contribution is -2.42. The zero-order chi connectivity index (χ0) is 19.2. The van der Waals surface area contributed by atoms with Crippen LogP contribution in [0.25, 0.3) is 0 Å². The van der Waals surface area contributed by atoms with Crippen molar-refractivity contribution in [1.29, 1.82) is 0 Å². The highest BCUT2D eigenvalue weighted by molar-refractivity contribution is 5.94. The van der Waals surface area contributed by atoms with E-state index in [0.29, 0.717) is 11.6 Å². The van der Waals surface area contributed by atoms with Gasteiger partial charge in [0.15, 0.2) is 0 Å². The number of aryl methyl sites for hydroxylation is 1. The summed E-state index contributed by atoms with van der Waals surface area (Å²) in [6.07, 6.45) is 1.51. The van der Waals surface area contributed by atoms with Gasteiger partial charge in [0.1, 0.15) is 17.1 Å². The molecule has 0 unspecified atom stereocenters. The Balaban J connectivity index is 1.68. The Hall–Kier alpha value is -3.16. The second-order valence-electron chi connectivity index (χ2n) is 7.15. The lowest BCUT2D eigenvalue weighted by Gasteiger charge is -2.27. The summed E-state index contributed by atoms with van der Waals surface area (Å²) >= 11 is 0. The predicted molar refractivity (Wildman–Crippen MR) is 94.7 cm³/mol. The van der Waals surface area contributed by atoms with Gasteiger partial charge in [-0.25, -0.2) is 4.98 Å². The summed E-state index contributed by atoms with van der Waals surface area (Å²) in [5.41, 5.74) is -0.941. The lowest BCUT2D eigenvalue weighted by molar-refractivity contribution is -0.150. The average molecular weight is 369 g/mol. The lowest BCUT2D eigenvalue weighted by atomic mass is 9.74. The quantitative estimate of drug-likeness (QED) is 0.812. The molecule has 0 aliphatic carbocycles. The number of carbonyl (C=O) groups excluding carboxylic acids is 1. The van der Waals surface area contributed by atoms with Crippen LogP contribution in [-0.4, -0.2) is 51.5 Å². The van der Waals surface area contributed by atoms with Gasteiger partial charge in [0.2, 0.25) is 0 Å². The first-order valence-electron chi connectivity index (χ1n) is 8.70. The highest BCUT2D eigenvalue weighted by atomic mass is 16.5. The highest BCUT2D eigenvalue weighted by Crippen LogP contribution is 2.44. The fourth-order valence-corrected chi connectivity index (χ4v) is 3.99. The molecule has 2 aliphatic rings. The molecule has 1 saturated heterocycles. The Bertz CT molecular complexity index is 985. The van der Waals surface area contributed by atoms with Crippen LogP contribution < -0.4 is 10.3 Å². The zero-order valence-corrected chi connectivity index (χ0v) is 14.8. The third-order valence-electron chi connectivity index (χ3n) is 5.48. The number of nitrogens with zero attached hydrogens (tertiary/aromatic N) is 2. The number of fused-ring (bicyclic) bond motifs is 2. The Morgan fingerprint density at radius 3 is 2.89 bits per heavy atom. The van der Waals surface area contributed by atoms with Crippen LogP contribution in [0.1, 0.15) is 21.7 Å². The number of para-hydroxylation sites is 1. The Morgan fingerprint density at radius 2 is 2.15 bits per heavy atom. The van der Waals surface area contributed by atoms with Crippen molar-refractivity contribution in [2.45, 2.75) is 13.3 Å². The van der Waals surface area contributed by atoms with E-state index in [0.717, 1.165) is 5.56 Å². The van der Waals surface area contributed by atoms with Crippen molar-refractivity contribution in [3.05, 3.63) is 57.8 Å². The van der Waals surface area contributed by atoms with Gasteiger partial charge in [0.05, 0.1) is 12.0 Å². The number of aliphatic carboxylic acids is 1. The van der Waals surface area contributed by atoms with E-state index in [9.17, 15) is 19.5 Å². The van der Waals surface area contributed by atoms with Gasteiger partial charge in [0, 0.05) is 25.2 Å². The predicted octanol–water partition coefficient (Wildman–Crippen LogP) is 0.856. The molecule has 1 aromatic heterocycles. The third-order valence-corrected chi connectivity index (χ3v) is 5.48. The molecule has 2 N–H and O–H groups in total. The van der Waals surface area contributed by atoms with Crippen molar-refractivity contribution in [3.8, 4) is 5.75 Å². The van der Waals surface area contributed by atoms with Gasteiger partial charge < -0.3 is 19.7 Å². The van der Waals surface area contributed by atoms with E-state index in [-0.39, 0.29) is 37.6 Å². The molecule has 4 rings (SSSR count). The average Bonchev–Trinajstić information content (AvgIpc) is 2.92. The molecule has 8 heteroatoms. The van der Waals surface area contributed by atoms with Crippen LogP contribution in [0.2, 0.25) is 0 Å². The van der Waals surface area contributed by atoms with Crippen LogP contribution >= 0.6 is 0 Å². The number of aromatic nitrogens is 2. The molecule has 1 fully saturated rings. The Labute approximate surface area is 154 Å². The van der Waals surface area contributed by atoms with Crippen molar-refractivity contribution >= 4 is 11.9 Å². The number of benzene rings is 1. The van der Waals surface area contributed by atoms with Crippen LogP contribution in [-0.2, 0) is 11.2 Å². The molecule has 27 heavy (non-hydrogen) atoms. The molecule has 8 nitrogen and oxygen atoms in total. The molecule has 0 bridgehead atoms. The SMILES string of the molecule is Cc1ncc(C(=O)N2C[C@H]3COc4ccccc4C[C@@]3(C(=O)O)C2)c(=O)[nH]1. The summed E-state index contributed by atoms with van der Waals surface area (Å²) < 4.78 is 5.83. The van der Waals surface area contributed by atoms with Gasteiger partial charge in [-0.15, -0.1) is 0 Å². The number of hydrogen-bond acceptors (Lipinski definition) is 5. The maximum Gasteiger partial charge on any atom is 0.312 e. The van der Waals surface area contributed by atoms with Crippen molar-refractivity contribution in [3.63, 3.8) is 0 Å². The number of H-pyrrole nitrogens is 1. The number of hydrogen-bond donors (Lipinski definition) is 2. The number of amides is 1. The fraction of sp³-hybridized carbons (Fsp3) is 0.368. The van der Waals surface area contributed by atoms with Crippen molar-refractivity contribution in [2.75, 3.05) is 19.7 Å². The van der Waals surface area contributed by atoms with Gasteiger partial charge in [-0.2, -0.15) is 0 Å². The van der Waals surface area contributed by atoms with Gasteiger partial charge in [-0.1, -0.05) is 18.2 Å². The first kappa shape index (κ1) is 17.3. The summed E-state index contributed by atoms with van der Waals surface area (Å²) in [5.74, 6) is -0.742. The monoisotopic (exact) mass is 369 g/mol. The third kappa shape index (κ3) is 2.77. The molecule has 0 radical (unpaired) electrons. The summed E-state index contributed by atoms with van der Waals surface area (Å²) in [6.45, 7) is 2.07. The number of carboxylic acids is 1. The summed E-state index contributed by atoms with van der Waals surface area (Å²) in [4.78, 5) is 45.1. The zero-order valence-electron chi connectivity index (χ0n) is 14.8. The van der Waals surface area contributed by atoms with Crippen LogP contribution in [0.3, 0.4) is 0 Å². The summed E-state index contributed by atoms with van der Waals surface area (Å²) in [7, 11) is 0. The molecule has 2 aliphatic heterocycles. The van der Waals surface area contributed by atoms with E-state index in [1.807, 2.05) is 24.3 Å². The molecule has 2 aromatic rings. The molecule has 2 atom stereocenters. The summed E-state index contributed by atoms with van der Waals surface area (Å²) in [6, 6.07) is 7.36. The first-order chi connectivity index (χ1) is 12.9. The van der Waals surface area contributed by atoms with Crippen LogP contribution in [0.4, 0.5) is 0 Å². The van der Waals surface area contributed by atoms with Crippen molar-refractivity contribution in [1.82, 2.24) is 14.9 Å². The highest BCUT2D eigenvalue weighted by Gasteiger charge is 2.55. The topological polar surface area (TPSA) is 113 Å². The number of likely N-dealkylation sites (tertiary alicyclic amines) is 1. The standard InChI is InChI=1S/C19H19N3O5/c1-11-20-7-14(16(23)21-11)17(24)22-8-13-9-27-15-5-3-2-4-12(15)6-19(13,10-22)18(25)26/h2-5,7,13H,6,8-10H2,1H3,(H,25,26)(H,20,21,23)/t13-,19+/m0/s1. The number of carboxylic acid groups (broad SMARTS) is 1. The Kier molecular flexibility index (Phi) is 3.98. The minimum absolute atomic E-state index is 0.0246. The van der Waals surface area contributed by atoms with E-state index >= 15 is 0 Å². The molecular weight excluding hydrogens is 350 g/mol. The van der Waals surface area contributed by atoms with Crippen molar-refractivity contribution < 1.29 is 19.4 Å². The largest absolute Gasteiger partial charge is 0.493 e. The van der Waals surface area contributed by atoms with Gasteiger partial charge in [-0.05, 0) is 25.0 Å². The summed E-state index contributed by atoms with van der Waals surface area (Å²) in [5, 5.41) is 10.0. The molecule has 1 amide bonds. The smallest absolute Gasteiger partial charge is 0.312 e. The molecule has 0 spiro atoms. The molecule has 1 aromatic carbocycles. The first-order valence-corrected chi connectivity index (χ1v) is 8.70. The van der Waals surface area contributed by atoms with Crippen molar-refractivity contribution in [2.24, 2.45) is 11.3 Å². The molecule has 3 heterocycles. The normalized spacial score (nSPS) is 23.7. The van der Waals surface area contributed by atoms with Gasteiger partial charge in [-0.3, -0.25) is 14.4 Å². The number of carbonyl (C=O) groups is 2. The number of rotatable bonds is 2. The van der Waals surface area contributed by atoms with Crippen LogP contribution in [0, 0.1) is 18.3 Å². The fourth-order valence-electron chi connectivity index (χ4n) is 3.99. The number of ether oxygens (including phenoxy) is 1. The van der Waals surface area contributed by atoms with Gasteiger partial charge in [0.25, 0.3) is 11.5 Å². The molecule has 140 valence electrons. The molecule has 0 saturated carbocycles. The van der Waals surface area contributed by atoms with E-state index in [4.69, 9.17) is 4.74 Å². The van der Waals surface area contributed by atoms with E-state index < -0.39 is 22.9 Å². The minimum atomic E-state index is -1.15. The maximum absolute atomic E-state index is 12.9.